The average molecular weight is 424 g/mol. The maximum absolute atomic E-state index is 13.1. The molecule has 4 N–H and O–H groups in total. The first-order valence-electron chi connectivity index (χ1n) is 10.2. The van der Waals surface area contributed by atoms with Gasteiger partial charge in [0.15, 0.2) is 11.3 Å². The van der Waals surface area contributed by atoms with E-state index in [1.165, 1.54) is 10.7 Å². The van der Waals surface area contributed by atoms with Crippen molar-refractivity contribution in [1.29, 1.82) is 0 Å². The lowest BCUT2D eigenvalue weighted by Crippen LogP contribution is -2.27. The zero-order valence-electron chi connectivity index (χ0n) is 17.1. The minimum atomic E-state index is -0.698. The fourth-order valence-corrected chi connectivity index (χ4v) is 3.82. The van der Waals surface area contributed by atoms with Crippen molar-refractivity contribution in [3.63, 3.8) is 0 Å². The molecule has 8 nitrogen and oxygen atoms in total. The number of primary amides is 1. The Morgan fingerprint density at radius 3 is 2.66 bits per heavy atom. The summed E-state index contributed by atoms with van der Waals surface area (Å²) in [6, 6.07) is 19.2. The van der Waals surface area contributed by atoms with Crippen molar-refractivity contribution in [2.45, 2.75) is 6.42 Å². The van der Waals surface area contributed by atoms with Crippen molar-refractivity contribution in [1.82, 2.24) is 24.7 Å². The second-order valence-electron chi connectivity index (χ2n) is 7.41. The van der Waals surface area contributed by atoms with Gasteiger partial charge in [-0.3, -0.25) is 14.0 Å². The topological polar surface area (TPSA) is 118 Å². The van der Waals surface area contributed by atoms with Crippen LogP contribution >= 0.6 is 0 Å². The second kappa shape index (κ2) is 7.99. The number of amides is 2. The van der Waals surface area contributed by atoms with Crippen LogP contribution in [0.2, 0.25) is 0 Å². The van der Waals surface area contributed by atoms with Crippen LogP contribution < -0.4 is 11.1 Å². The minimum Gasteiger partial charge on any atom is -0.364 e. The lowest BCUT2D eigenvalue weighted by Gasteiger charge is -2.10. The zero-order chi connectivity index (χ0) is 22.1. The fraction of sp³-hybridized carbons (Fsp3) is 0.0833. The van der Waals surface area contributed by atoms with E-state index in [2.05, 4.69) is 26.3 Å². The molecule has 0 aliphatic rings. The van der Waals surface area contributed by atoms with Crippen LogP contribution in [0.4, 0.5) is 0 Å². The molecule has 0 saturated heterocycles. The molecule has 0 bridgehead atoms. The molecule has 0 radical (unpaired) electrons. The SMILES string of the molecule is NC(=O)c1ncn2c(C(=O)NCCc3c[nH]c4ccccc34)cc(-c3ccccc3)nc12. The summed E-state index contributed by atoms with van der Waals surface area (Å²) in [5, 5.41) is 4.10. The van der Waals surface area contributed by atoms with E-state index in [0.29, 0.717) is 24.4 Å². The third-order valence-electron chi connectivity index (χ3n) is 5.39. The Morgan fingerprint density at radius 1 is 1.06 bits per heavy atom. The molecule has 3 heterocycles. The first-order chi connectivity index (χ1) is 15.6. The third kappa shape index (κ3) is 3.47. The Hall–Kier alpha value is -4.46. The Morgan fingerprint density at radius 2 is 1.84 bits per heavy atom. The monoisotopic (exact) mass is 424 g/mol. The lowest BCUT2D eigenvalue weighted by atomic mass is 10.1. The predicted molar refractivity (Wildman–Crippen MR) is 121 cm³/mol. The highest BCUT2D eigenvalue weighted by molar-refractivity contribution is 5.99. The van der Waals surface area contributed by atoms with Crippen LogP contribution in [0.25, 0.3) is 27.8 Å². The molecular weight excluding hydrogens is 404 g/mol. The number of nitrogens with zero attached hydrogens (tertiary/aromatic N) is 3. The zero-order valence-corrected chi connectivity index (χ0v) is 17.1. The van der Waals surface area contributed by atoms with E-state index in [9.17, 15) is 9.59 Å². The second-order valence-corrected chi connectivity index (χ2v) is 7.41. The van der Waals surface area contributed by atoms with Gasteiger partial charge < -0.3 is 16.0 Å². The van der Waals surface area contributed by atoms with E-state index in [4.69, 9.17) is 5.73 Å². The molecule has 0 aliphatic carbocycles. The van der Waals surface area contributed by atoms with Crippen LogP contribution in [-0.2, 0) is 6.42 Å². The van der Waals surface area contributed by atoms with E-state index in [-0.39, 0.29) is 17.2 Å². The van der Waals surface area contributed by atoms with Gasteiger partial charge in [-0.15, -0.1) is 0 Å². The van der Waals surface area contributed by atoms with Gasteiger partial charge in [0.25, 0.3) is 11.8 Å². The van der Waals surface area contributed by atoms with Crippen LogP contribution in [0, 0.1) is 0 Å². The van der Waals surface area contributed by atoms with Gasteiger partial charge in [0.1, 0.15) is 12.0 Å². The minimum absolute atomic E-state index is 0.0237. The number of imidazole rings is 1. The number of hydrogen-bond donors (Lipinski definition) is 3. The number of aromatic nitrogens is 4. The lowest BCUT2D eigenvalue weighted by molar-refractivity contribution is 0.0946. The summed E-state index contributed by atoms with van der Waals surface area (Å²) in [7, 11) is 0. The number of nitrogens with one attached hydrogen (secondary N) is 2. The van der Waals surface area contributed by atoms with Crippen molar-refractivity contribution >= 4 is 28.4 Å². The van der Waals surface area contributed by atoms with Crippen LogP contribution in [0.1, 0.15) is 26.5 Å². The number of fused-ring (bicyclic) bond motifs is 2. The number of rotatable bonds is 6. The number of hydrogen-bond acceptors (Lipinski definition) is 4. The van der Waals surface area contributed by atoms with Crippen molar-refractivity contribution < 1.29 is 9.59 Å². The summed E-state index contributed by atoms with van der Waals surface area (Å²) in [6.07, 6.45) is 4.03. The standard InChI is InChI=1S/C24H20N6O2/c25-22(31)21-23-29-19(15-6-2-1-3-7-15)12-20(30(23)14-28-21)24(32)26-11-10-16-13-27-18-9-5-4-8-17(16)18/h1-9,12-14,27H,10-11H2,(H2,25,31)(H,26,32). The first kappa shape index (κ1) is 19.5. The maximum Gasteiger partial charge on any atom is 0.271 e. The number of para-hydroxylation sites is 1. The molecule has 3 aromatic heterocycles. The molecule has 5 aromatic rings. The van der Waals surface area contributed by atoms with Gasteiger partial charge in [-0.1, -0.05) is 48.5 Å². The van der Waals surface area contributed by atoms with Gasteiger partial charge in [0, 0.05) is 29.2 Å². The highest BCUT2D eigenvalue weighted by Gasteiger charge is 2.19. The molecule has 0 spiro atoms. The van der Waals surface area contributed by atoms with Gasteiger partial charge in [-0.05, 0) is 24.1 Å². The van der Waals surface area contributed by atoms with Gasteiger partial charge in [-0.2, -0.15) is 0 Å². The summed E-state index contributed by atoms with van der Waals surface area (Å²) >= 11 is 0. The molecular formula is C24H20N6O2. The average Bonchev–Trinajstić information content (AvgIpc) is 3.43. The first-order valence-corrected chi connectivity index (χ1v) is 10.2. The maximum atomic E-state index is 13.1. The summed E-state index contributed by atoms with van der Waals surface area (Å²) in [4.78, 5) is 36.8. The van der Waals surface area contributed by atoms with Crippen molar-refractivity contribution in [3.05, 3.63) is 90.1 Å². The number of carbonyl (C=O) groups excluding carboxylic acids is 2. The Labute approximate surface area is 183 Å². The molecule has 32 heavy (non-hydrogen) atoms. The summed E-state index contributed by atoms with van der Waals surface area (Å²) in [5.41, 5.74) is 9.63. The highest BCUT2D eigenvalue weighted by Crippen LogP contribution is 2.21. The van der Waals surface area contributed by atoms with Crippen molar-refractivity contribution in [2.75, 3.05) is 6.54 Å². The van der Waals surface area contributed by atoms with E-state index in [1.807, 2.05) is 54.7 Å². The molecule has 0 atom stereocenters. The van der Waals surface area contributed by atoms with Crippen molar-refractivity contribution in [2.24, 2.45) is 5.73 Å². The number of carbonyl (C=O) groups is 2. The third-order valence-corrected chi connectivity index (χ3v) is 5.39. The molecule has 158 valence electrons. The van der Waals surface area contributed by atoms with Crippen LogP contribution in [0.5, 0.6) is 0 Å². The predicted octanol–water partition coefficient (Wildman–Crippen LogP) is 2.95. The number of H-pyrrole nitrogens is 1. The fourth-order valence-electron chi connectivity index (χ4n) is 3.82. The molecule has 8 heteroatoms. The molecule has 0 aliphatic heterocycles. The van der Waals surface area contributed by atoms with Gasteiger partial charge in [0.2, 0.25) is 0 Å². The van der Waals surface area contributed by atoms with E-state index in [0.717, 1.165) is 22.0 Å². The quantitative estimate of drug-likeness (QED) is 0.388. The largest absolute Gasteiger partial charge is 0.364 e. The molecule has 0 unspecified atom stereocenters. The number of aromatic amines is 1. The highest BCUT2D eigenvalue weighted by atomic mass is 16.2. The summed E-state index contributed by atoms with van der Waals surface area (Å²) in [5.74, 6) is -0.987. The van der Waals surface area contributed by atoms with E-state index < -0.39 is 5.91 Å². The normalized spacial score (nSPS) is 11.1. The van der Waals surface area contributed by atoms with E-state index in [1.54, 1.807) is 6.07 Å². The van der Waals surface area contributed by atoms with Crippen LogP contribution in [-0.4, -0.2) is 37.7 Å². The van der Waals surface area contributed by atoms with Crippen LogP contribution in [0.3, 0.4) is 0 Å². The molecule has 0 saturated carbocycles. The molecule has 2 aromatic carbocycles. The van der Waals surface area contributed by atoms with Gasteiger partial charge in [0.05, 0.1) is 5.69 Å². The van der Waals surface area contributed by atoms with Gasteiger partial charge >= 0.3 is 0 Å². The van der Waals surface area contributed by atoms with Gasteiger partial charge in [-0.25, -0.2) is 9.97 Å². The molecule has 5 rings (SSSR count). The molecule has 2 amide bonds. The number of benzene rings is 2. The van der Waals surface area contributed by atoms with Crippen molar-refractivity contribution in [3.8, 4) is 11.3 Å². The van der Waals surface area contributed by atoms with E-state index >= 15 is 0 Å². The Balaban J connectivity index is 1.45. The Bertz CT molecular complexity index is 1450. The number of nitrogens with two attached hydrogens (primary N) is 1. The Kier molecular flexibility index (Phi) is 4.87. The summed E-state index contributed by atoms with van der Waals surface area (Å²) < 4.78 is 1.49. The van der Waals surface area contributed by atoms with Crippen LogP contribution in [0.15, 0.2) is 73.2 Å². The summed E-state index contributed by atoms with van der Waals surface area (Å²) in [6.45, 7) is 0.447. The molecule has 0 fully saturated rings. The smallest absolute Gasteiger partial charge is 0.271 e.